The van der Waals surface area contributed by atoms with Gasteiger partial charge in [0.25, 0.3) is 0 Å². The van der Waals surface area contributed by atoms with Crippen molar-refractivity contribution < 1.29 is 19.4 Å². The number of amides is 2. The van der Waals surface area contributed by atoms with Crippen LogP contribution in [0.25, 0.3) is 0 Å². The third-order valence-corrected chi connectivity index (χ3v) is 4.67. The van der Waals surface area contributed by atoms with Gasteiger partial charge < -0.3 is 20.5 Å². The zero-order valence-corrected chi connectivity index (χ0v) is 12.0. The van der Waals surface area contributed by atoms with Gasteiger partial charge in [-0.25, -0.2) is 4.79 Å². The first kappa shape index (κ1) is 15.1. The van der Waals surface area contributed by atoms with Crippen LogP contribution in [-0.2, 0) is 9.53 Å². The summed E-state index contributed by atoms with van der Waals surface area (Å²) < 4.78 is 5.44. The molecular formula is C14H24N2O4. The highest BCUT2D eigenvalue weighted by Crippen LogP contribution is 2.34. The summed E-state index contributed by atoms with van der Waals surface area (Å²) in [5, 5.41) is 14.8. The average molecular weight is 284 g/mol. The predicted octanol–water partition coefficient (Wildman–Crippen LogP) is 1.50. The van der Waals surface area contributed by atoms with Crippen LogP contribution in [0.3, 0.4) is 0 Å². The highest BCUT2D eigenvalue weighted by molar-refractivity contribution is 5.76. The van der Waals surface area contributed by atoms with Gasteiger partial charge in [-0.3, -0.25) is 4.79 Å². The van der Waals surface area contributed by atoms with Gasteiger partial charge >= 0.3 is 12.0 Å². The van der Waals surface area contributed by atoms with Gasteiger partial charge in [0.2, 0.25) is 0 Å². The van der Waals surface area contributed by atoms with Crippen molar-refractivity contribution in [3.05, 3.63) is 0 Å². The smallest absolute Gasteiger partial charge is 0.315 e. The van der Waals surface area contributed by atoms with Crippen molar-refractivity contribution in [1.29, 1.82) is 0 Å². The highest BCUT2D eigenvalue weighted by atomic mass is 16.5. The minimum atomic E-state index is -0.817. The fourth-order valence-corrected chi connectivity index (χ4v) is 3.08. The van der Waals surface area contributed by atoms with Crippen LogP contribution in [0.1, 0.15) is 44.9 Å². The molecule has 2 saturated carbocycles. The van der Waals surface area contributed by atoms with Crippen molar-refractivity contribution >= 4 is 12.0 Å². The van der Waals surface area contributed by atoms with Crippen molar-refractivity contribution in [3.8, 4) is 0 Å². The van der Waals surface area contributed by atoms with Gasteiger partial charge in [-0.1, -0.05) is 12.8 Å². The van der Waals surface area contributed by atoms with Gasteiger partial charge in [-0.05, 0) is 32.1 Å². The van der Waals surface area contributed by atoms with E-state index in [9.17, 15) is 14.7 Å². The summed E-state index contributed by atoms with van der Waals surface area (Å²) >= 11 is 0. The topological polar surface area (TPSA) is 87.7 Å². The van der Waals surface area contributed by atoms with Gasteiger partial charge in [-0.2, -0.15) is 0 Å². The van der Waals surface area contributed by atoms with Crippen LogP contribution in [0, 0.1) is 5.92 Å². The lowest BCUT2D eigenvalue weighted by molar-refractivity contribution is -0.143. The Morgan fingerprint density at radius 3 is 2.50 bits per heavy atom. The molecule has 0 saturated heterocycles. The van der Waals surface area contributed by atoms with E-state index in [1.54, 1.807) is 7.11 Å². The molecule has 20 heavy (non-hydrogen) atoms. The molecule has 6 nitrogen and oxygen atoms in total. The number of ether oxygens (including phenoxy) is 1. The van der Waals surface area contributed by atoms with Crippen molar-refractivity contribution in [2.75, 3.05) is 13.7 Å². The normalized spacial score (nSPS) is 28.2. The second-order valence-electron chi connectivity index (χ2n) is 5.90. The molecule has 3 N–H and O–H groups in total. The Balaban J connectivity index is 1.79. The number of nitrogens with one attached hydrogen (secondary N) is 2. The second kappa shape index (κ2) is 6.43. The minimum Gasteiger partial charge on any atom is -0.481 e. The lowest BCUT2D eigenvalue weighted by Gasteiger charge is -2.40. The molecule has 2 aliphatic rings. The molecule has 0 bridgehead atoms. The highest BCUT2D eigenvalue weighted by Gasteiger charge is 2.37. The predicted molar refractivity (Wildman–Crippen MR) is 73.5 cm³/mol. The van der Waals surface area contributed by atoms with E-state index in [1.165, 1.54) is 0 Å². The van der Waals surface area contributed by atoms with Gasteiger partial charge in [0.1, 0.15) is 0 Å². The molecule has 0 aromatic heterocycles. The minimum absolute atomic E-state index is 0.212. The zero-order chi connectivity index (χ0) is 14.6. The lowest BCUT2D eigenvalue weighted by atomic mass is 9.80. The maximum atomic E-state index is 11.9. The first-order valence-corrected chi connectivity index (χ1v) is 7.39. The molecule has 0 spiro atoms. The van der Waals surface area contributed by atoms with Gasteiger partial charge in [0.05, 0.1) is 11.5 Å². The molecule has 0 aromatic rings. The van der Waals surface area contributed by atoms with Gasteiger partial charge in [-0.15, -0.1) is 0 Å². The molecule has 0 aromatic carbocycles. The number of aliphatic carboxylic acids is 1. The number of carboxylic acids is 1. The molecule has 2 fully saturated rings. The van der Waals surface area contributed by atoms with Crippen LogP contribution in [-0.4, -0.2) is 42.4 Å². The Morgan fingerprint density at radius 2 is 1.95 bits per heavy atom. The lowest BCUT2D eigenvalue weighted by Crippen LogP contribution is -2.54. The largest absolute Gasteiger partial charge is 0.481 e. The maximum absolute atomic E-state index is 11.9. The van der Waals surface area contributed by atoms with E-state index in [0.29, 0.717) is 13.0 Å². The van der Waals surface area contributed by atoms with Crippen LogP contribution in [0.15, 0.2) is 0 Å². The number of urea groups is 1. The summed E-state index contributed by atoms with van der Waals surface area (Å²) in [6.07, 6.45) is 6.32. The van der Waals surface area contributed by atoms with Crippen LogP contribution in [0.2, 0.25) is 0 Å². The van der Waals surface area contributed by atoms with Crippen LogP contribution >= 0.6 is 0 Å². The molecule has 2 atom stereocenters. The summed E-state index contributed by atoms with van der Waals surface area (Å²) in [7, 11) is 1.67. The molecule has 6 heteroatoms. The van der Waals surface area contributed by atoms with E-state index < -0.39 is 11.9 Å². The number of hydrogen-bond donors (Lipinski definition) is 3. The Bertz CT molecular complexity index is 363. The van der Waals surface area contributed by atoms with E-state index in [0.717, 1.165) is 38.5 Å². The average Bonchev–Trinajstić information content (AvgIpc) is 2.38. The van der Waals surface area contributed by atoms with E-state index >= 15 is 0 Å². The fourth-order valence-electron chi connectivity index (χ4n) is 3.08. The standard InChI is InChI=1S/C14H24N2O4/c1-20-14(7-4-8-14)9-15-13(19)16-11-6-3-2-5-10(11)12(17)18/h10-11H,2-9H2,1H3,(H,17,18)(H2,15,16,19). The molecule has 2 amide bonds. The molecule has 0 heterocycles. The number of carboxylic acid groups (broad SMARTS) is 1. The quantitative estimate of drug-likeness (QED) is 0.714. The molecular weight excluding hydrogens is 260 g/mol. The summed E-state index contributed by atoms with van der Waals surface area (Å²) in [6.45, 7) is 0.486. The number of rotatable bonds is 5. The van der Waals surface area contributed by atoms with E-state index in [4.69, 9.17) is 4.74 Å². The molecule has 2 unspecified atom stereocenters. The van der Waals surface area contributed by atoms with E-state index in [2.05, 4.69) is 10.6 Å². The van der Waals surface area contributed by atoms with Gasteiger partial charge in [0, 0.05) is 19.7 Å². The molecule has 2 aliphatic carbocycles. The monoisotopic (exact) mass is 284 g/mol. The Kier molecular flexibility index (Phi) is 4.86. The van der Waals surface area contributed by atoms with Crippen LogP contribution in [0.4, 0.5) is 4.79 Å². The molecule has 0 radical (unpaired) electrons. The first-order valence-electron chi connectivity index (χ1n) is 7.39. The van der Waals surface area contributed by atoms with Crippen LogP contribution < -0.4 is 10.6 Å². The van der Waals surface area contributed by atoms with Crippen LogP contribution in [0.5, 0.6) is 0 Å². The number of methoxy groups -OCH3 is 1. The maximum Gasteiger partial charge on any atom is 0.315 e. The number of hydrogen-bond acceptors (Lipinski definition) is 3. The van der Waals surface area contributed by atoms with Crippen molar-refractivity contribution in [2.24, 2.45) is 5.92 Å². The SMILES string of the molecule is COC1(CNC(=O)NC2CCCCC2C(=O)O)CCC1. The zero-order valence-electron chi connectivity index (χ0n) is 12.0. The molecule has 0 aliphatic heterocycles. The summed E-state index contributed by atoms with van der Waals surface area (Å²) in [4.78, 5) is 23.1. The fraction of sp³-hybridized carbons (Fsp3) is 0.857. The summed E-state index contributed by atoms with van der Waals surface area (Å²) in [5.41, 5.74) is -0.212. The number of carbonyl (C=O) groups is 2. The summed E-state index contributed by atoms with van der Waals surface area (Å²) in [5.74, 6) is -1.28. The second-order valence-corrected chi connectivity index (χ2v) is 5.90. The Labute approximate surface area is 119 Å². The van der Waals surface area contributed by atoms with Crippen molar-refractivity contribution in [1.82, 2.24) is 10.6 Å². The number of carbonyl (C=O) groups excluding carboxylic acids is 1. The Morgan fingerprint density at radius 1 is 1.25 bits per heavy atom. The molecule has 114 valence electrons. The Hall–Kier alpha value is -1.30. The van der Waals surface area contributed by atoms with Crippen molar-refractivity contribution in [2.45, 2.75) is 56.6 Å². The molecule has 2 rings (SSSR count). The van der Waals surface area contributed by atoms with E-state index in [-0.39, 0.29) is 17.7 Å². The summed E-state index contributed by atoms with van der Waals surface area (Å²) in [6, 6.07) is -0.549. The third-order valence-electron chi connectivity index (χ3n) is 4.67. The van der Waals surface area contributed by atoms with Gasteiger partial charge in [0.15, 0.2) is 0 Å². The third kappa shape index (κ3) is 3.42. The first-order chi connectivity index (χ1) is 9.56. The van der Waals surface area contributed by atoms with Crippen molar-refractivity contribution in [3.63, 3.8) is 0 Å². The van der Waals surface area contributed by atoms with E-state index in [1.807, 2.05) is 0 Å².